The number of nitrogens with one attached hydrogen (secondary N) is 1. The topological polar surface area (TPSA) is 69.2 Å². The minimum atomic E-state index is -0.397. The van der Waals surface area contributed by atoms with E-state index in [0.29, 0.717) is 32.8 Å². The van der Waals surface area contributed by atoms with Crippen molar-refractivity contribution in [1.29, 1.82) is 0 Å². The molecule has 0 aliphatic carbocycles. The summed E-state index contributed by atoms with van der Waals surface area (Å²) in [6.45, 7) is 0.250. The minimum absolute atomic E-state index is 0.250. The van der Waals surface area contributed by atoms with Gasteiger partial charge in [0.1, 0.15) is 18.2 Å². The number of hydrazone groups is 1. The van der Waals surface area contributed by atoms with E-state index in [2.05, 4.69) is 26.5 Å². The predicted octanol–water partition coefficient (Wildman–Crippen LogP) is 6.10. The number of carbonyl (C=O) groups is 1. The second-order valence-electron chi connectivity index (χ2n) is 7.54. The summed E-state index contributed by atoms with van der Waals surface area (Å²) >= 11 is 3.50. The largest absolute Gasteiger partial charge is 0.496 e. The summed E-state index contributed by atoms with van der Waals surface area (Å²) in [6.07, 6.45) is 1.50. The first-order chi connectivity index (χ1) is 17.0. The van der Waals surface area contributed by atoms with Crippen LogP contribution < -0.4 is 19.6 Å². The van der Waals surface area contributed by atoms with E-state index in [0.717, 1.165) is 16.3 Å². The number of ether oxygens (including phenoxy) is 3. The first kappa shape index (κ1) is 24.2. The van der Waals surface area contributed by atoms with E-state index in [4.69, 9.17) is 14.2 Å². The van der Waals surface area contributed by atoms with Crippen molar-refractivity contribution in [1.82, 2.24) is 5.43 Å². The van der Waals surface area contributed by atoms with Crippen LogP contribution in [-0.2, 0) is 6.61 Å². The number of amides is 1. The Kier molecular flexibility index (Phi) is 7.62. The van der Waals surface area contributed by atoms with E-state index >= 15 is 0 Å². The molecular formula is C27H22BrFN2O4. The van der Waals surface area contributed by atoms with E-state index in [1.54, 1.807) is 30.3 Å². The molecule has 0 aromatic heterocycles. The molecule has 1 N–H and O–H groups in total. The number of fused-ring (bicyclic) bond motifs is 1. The van der Waals surface area contributed by atoms with Gasteiger partial charge in [-0.05, 0) is 68.7 Å². The van der Waals surface area contributed by atoms with Crippen LogP contribution in [0, 0.1) is 5.82 Å². The summed E-state index contributed by atoms with van der Waals surface area (Å²) in [7, 11) is 3.05. The van der Waals surface area contributed by atoms with Crippen LogP contribution in [0.4, 0.5) is 4.39 Å². The van der Waals surface area contributed by atoms with Crippen LogP contribution in [0.1, 0.15) is 21.5 Å². The minimum Gasteiger partial charge on any atom is -0.496 e. The fourth-order valence-corrected chi connectivity index (χ4v) is 3.87. The van der Waals surface area contributed by atoms with Gasteiger partial charge < -0.3 is 14.2 Å². The molecule has 0 saturated heterocycles. The third kappa shape index (κ3) is 5.78. The molecule has 6 nitrogen and oxygen atoms in total. The molecule has 0 atom stereocenters. The van der Waals surface area contributed by atoms with Crippen LogP contribution >= 0.6 is 15.9 Å². The highest BCUT2D eigenvalue weighted by Crippen LogP contribution is 2.33. The number of methoxy groups -OCH3 is 2. The molecule has 0 heterocycles. The smallest absolute Gasteiger partial charge is 0.275 e. The Morgan fingerprint density at radius 1 is 0.943 bits per heavy atom. The molecule has 0 bridgehead atoms. The third-order valence-corrected chi connectivity index (χ3v) is 5.96. The third-order valence-electron chi connectivity index (χ3n) is 5.27. The molecule has 0 fully saturated rings. The van der Waals surface area contributed by atoms with E-state index in [-0.39, 0.29) is 12.4 Å². The monoisotopic (exact) mass is 536 g/mol. The normalized spacial score (nSPS) is 11.0. The van der Waals surface area contributed by atoms with Crippen LogP contribution in [0.25, 0.3) is 10.8 Å². The number of benzene rings is 4. The van der Waals surface area contributed by atoms with Crippen molar-refractivity contribution in [2.24, 2.45) is 5.10 Å². The highest BCUT2D eigenvalue weighted by atomic mass is 79.9. The zero-order valence-electron chi connectivity index (χ0n) is 19.0. The van der Waals surface area contributed by atoms with Gasteiger partial charge in [0.2, 0.25) is 0 Å². The molecular weight excluding hydrogens is 515 g/mol. The first-order valence-corrected chi connectivity index (χ1v) is 11.4. The van der Waals surface area contributed by atoms with Crippen LogP contribution in [-0.4, -0.2) is 26.3 Å². The molecule has 0 aliphatic heterocycles. The Balaban J connectivity index is 1.48. The van der Waals surface area contributed by atoms with Crippen molar-refractivity contribution in [2.75, 3.05) is 14.2 Å². The van der Waals surface area contributed by atoms with Crippen LogP contribution in [0.15, 0.2) is 82.4 Å². The second-order valence-corrected chi connectivity index (χ2v) is 8.39. The van der Waals surface area contributed by atoms with E-state index < -0.39 is 5.91 Å². The molecule has 4 aromatic carbocycles. The molecule has 178 valence electrons. The Bertz CT molecular complexity index is 1390. The number of hydrogen-bond acceptors (Lipinski definition) is 5. The van der Waals surface area contributed by atoms with Crippen molar-refractivity contribution in [2.45, 2.75) is 6.61 Å². The Morgan fingerprint density at radius 2 is 1.63 bits per heavy atom. The van der Waals surface area contributed by atoms with Crippen molar-refractivity contribution >= 4 is 38.8 Å². The van der Waals surface area contributed by atoms with Crippen molar-refractivity contribution in [3.8, 4) is 17.2 Å². The van der Waals surface area contributed by atoms with Crippen LogP contribution in [0.2, 0.25) is 0 Å². The maximum absolute atomic E-state index is 13.1. The molecule has 4 rings (SSSR count). The van der Waals surface area contributed by atoms with Gasteiger partial charge in [0, 0.05) is 10.0 Å². The van der Waals surface area contributed by atoms with Gasteiger partial charge in [0.15, 0.2) is 11.5 Å². The Labute approximate surface area is 210 Å². The molecule has 0 radical (unpaired) electrons. The molecule has 0 spiro atoms. The predicted molar refractivity (Wildman–Crippen MR) is 137 cm³/mol. The maximum Gasteiger partial charge on any atom is 0.275 e. The lowest BCUT2D eigenvalue weighted by atomic mass is 10.1. The SMILES string of the molecule is COc1cc(/C=N\NC(=O)c2cc3ccccc3cc2OC)c(Br)cc1OCc1ccc(F)cc1. The lowest BCUT2D eigenvalue weighted by Crippen LogP contribution is -2.18. The quantitative estimate of drug-likeness (QED) is 0.218. The molecule has 1 amide bonds. The Hall–Kier alpha value is -3.91. The molecule has 4 aromatic rings. The average Bonchev–Trinajstić information content (AvgIpc) is 2.88. The molecule has 0 saturated carbocycles. The number of carbonyl (C=O) groups excluding carboxylic acids is 1. The average molecular weight is 537 g/mol. The summed E-state index contributed by atoms with van der Waals surface area (Å²) in [4.78, 5) is 12.8. The number of halogens is 2. The standard InChI is InChI=1S/C27H22BrFN2O4/c1-33-24-12-19-6-4-3-5-18(19)11-22(24)27(32)31-30-15-20-13-25(34-2)26(14-23(20)28)35-16-17-7-9-21(29)10-8-17/h3-15H,16H2,1-2H3,(H,31,32)/b30-15-. The Morgan fingerprint density at radius 3 is 2.31 bits per heavy atom. The summed E-state index contributed by atoms with van der Waals surface area (Å²) in [5.74, 6) is 0.752. The van der Waals surface area contributed by atoms with Gasteiger partial charge in [-0.2, -0.15) is 5.10 Å². The van der Waals surface area contributed by atoms with Crippen LogP contribution in [0.5, 0.6) is 17.2 Å². The zero-order chi connectivity index (χ0) is 24.8. The summed E-state index contributed by atoms with van der Waals surface area (Å²) < 4.78 is 30.5. The molecule has 8 heteroatoms. The van der Waals surface area contributed by atoms with Crippen LogP contribution in [0.3, 0.4) is 0 Å². The van der Waals surface area contributed by atoms with E-state index in [1.807, 2.05) is 30.3 Å². The van der Waals surface area contributed by atoms with Gasteiger partial charge in [0.25, 0.3) is 5.91 Å². The van der Waals surface area contributed by atoms with Crippen molar-refractivity contribution in [3.05, 3.63) is 99.8 Å². The number of nitrogens with zero attached hydrogens (tertiary/aromatic N) is 1. The van der Waals surface area contributed by atoms with Crippen molar-refractivity contribution < 1.29 is 23.4 Å². The highest BCUT2D eigenvalue weighted by Gasteiger charge is 2.14. The highest BCUT2D eigenvalue weighted by molar-refractivity contribution is 9.10. The van der Waals surface area contributed by atoms with E-state index in [9.17, 15) is 9.18 Å². The van der Waals surface area contributed by atoms with Gasteiger partial charge >= 0.3 is 0 Å². The van der Waals surface area contributed by atoms with Crippen molar-refractivity contribution in [3.63, 3.8) is 0 Å². The molecule has 0 unspecified atom stereocenters. The second kappa shape index (κ2) is 11.0. The summed E-state index contributed by atoms with van der Waals surface area (Å²) in [6, 6.07) is 20.9. The fraction of sp³-hybridized carbons (Fsp3) is 0.111. The number of rotatable bonds is 8. The van der Waals surface area contributed by atoms with Gasteiger partial charge in [-0.3, -0.25) is 4.79 Å². The first-order valence-electron chi connectivity index (χ1n) is 10.6. The van der Waals surface area contributed by atoms with Gasteiger partial charge in [-0.25, -0.2) is 9.82 Å². The number of hydrogen-bond donors (Lipinski definition) is 1. The fourth-order valence-electron chi connectivity index (χ4n) is 3.45. The maximum atomic E-state index is 13.1. The lowest BCUT2D eigenvalue weighted by molar-refractivity contribution is 0.0952. The van der Waals surface area contributed by atoms with Gasteiger partial charge in [-0.15, -0.1) is 0 Å². The van der Waals surface area contributed by atoms with E-state index in [1.165, 1.54) is 32.6 Å². The van der Waals surface area contributed by atoms with Gasteiger partial charge in [0.05, 0.1) is 26.0 Å². The van der Waals surface area contributed by atoms with Gasteiger partial charge in [-0.1, -0.05) is 36.4 Å². The summed E-state index contributed by atoms with van der Waals surface area (Å²) in [5, 5.41) is 6.00. The summed E-state index contributed by atoms with van der Waals surface area (Å²) in [5.41, 5.74) is 4.41. The molecule has 0 aliphatic rings. The zero-order valence-corrected chi connectivity index (χ0v) is 20.6. The lowest BCUT2D eigenvalue weighted by Gasteiger charge is -2.13. The molecule has 35 heavy (non-hydrogen) atoms.